The summed E-state index contributed by atoms with van der Waals surface area (Å²) in [4.78, 5) is 18.0. The van der Waals surface area contributed by atoms with Crippen molar-refractivity contribution in [2.45, 2.75) is 0 Å². The van der Waals surface area contributed by atoms with E-state index in [1.165, 1.54) is 17.4 Å². The summed E-state index contributed by atoms with van der Waals surface area (Å²) in [6.45, 7) is 0. The van der Waals surface area contributed by atoms with Crippen LogP contribution in [0.4, 0.5) is 14.5 Å². The second kappa shape index (κ2) is 6.34. The van der Waals surface area contributed by atoms with Gasteiger partial charge in [0.25, 0.3) is 5.91 Å². The molecule has 0 aliphatic carbocycles. The summed E-state index contributed by atoms with van der Waals surface area (Å²) in [5.74, 6) is -1.28. The van der Waals surface area contributed by atoms with Crippen molar-refractivity contribution in [2.75, 3.05) is 12.4 Å². The molecule has 0 aliphatic heterocycles. The number of hydrogen-bond acceptors (Lipinski definition) is 4. The first-order chi connectivity index (χ1) is 12.5. The molecule has 26 heavy (non-hydrogen) atoms. The summed E-state index contributed by atoms with van der Waals surface area (Å²) in [6.07, 6.45) is 0. The van der Waals surface area contributed by atoms with E-state index < -0.39 is 17.5 Å². The zero-order valence-electron chi connectivity index (χ0n) is 13.5. The molecule has 0 saturated carbocycles. The summed E-state index contributed by atoms with van der Waals surface area (Å²) in [6, 6.07) is 12.2. The highest BCUT2D eigenvalue weighted by molar-refractivity contribution is 7.20. The van der Waals surface area contributed by atoms with Crippen molar-refractivity contribution in [3.8, 4) is 5.75 Å². The number of nitrogens with zero attached hydrogens (tertiary/aromatic N) is 1. The number of rotatable bonds is 3. The van der Waals surface area contributed by atoms with Crippen molar-refractivity contribution in [1.82, 2.24) is 4.98 Å². The Morgan fingerprint density at radius 3 is 2.69 bits per heavy atom. The van der Waals surface area contributed by atoms with Crippen molar-refractivity contribution in [3.63, 3.8) is 0 Å². The number of pyridine rings is 1. The van der Waals surface area contributed by atoms with Crippen LogP contribution in [0.5, 0.6) is 5.75 Å². The van der Waals surface area contributed by atoms with E-state index >= 15 is 0 Å². The van der Waals surface area contributed by atoms with Gasteiger partial charge in [-0.05, 0) is 42.5 Å². The fourth-order valence-electron chi connectivity index (χ4n) is 2.63. The molecule has 2 heterocycles. The van der Waals surface area contributed by atoms with Crippen LogP contribution in [-0.4, -0.2) is 18.0 Å². The molecule has 0 radical (unpaired) electrons. The first-order valence-corrected chi connectivity index (χ1v) is 8.50. The number of halogens is 2. The lowest BCUT2D eigenvalue weighted by Crippen LogP contribution is -2.11. The van der Waals surface area contributed by atoms with E-state index in [1.54, 1.807) is 13.2 Å². The average Bonchev–Trinajstić information content (AvgIpc) is 3.04. The van der Waals surface area contributed by atoms with Gasteiger partial charge in [-0.2, -0.15) is 0 Å². The lowest BCUT2D eigenvalue weighted by molar-refractivity contribution is 0.103. The van der Waals surface area contributed by atoms with Gasteiger partial charge in [-0.1, -0.05) is 0 Å². The molecule has 2 aromatic carbocycles. The van der Waals surface area contributed by atoms with Crippen molar-refractivity contribution in [3.05, 3.63) is 65.0 Å². The molecule has 130 valence electrons. The SMILES string of the molecule is COc1ccc2nc3sc(C(=O)Nc4ccc(F)cc4F)cc3cc2c1. The topological polar surface area (TPSA) is 51.2 Å². The first kappa shape index (κ1) is 16.4. The Morgan fingerprint density at radius 2 is 1.92 bits per heavy atom. The molecule has 1 N–H and O–H groups in total. The third-order valence-electron chi connectivity index (χ3n) is 3.91. The molecule has 4 nitrogen and oxygen atoms in total. The van der Waals surface area contributed by atoms with Gasteiger partial charge in [-0.25, -0.2) is 13.8 Å². The number of fused-ring (bicyclic) bond motifs is 2. The van der Waals surface area contributed by atoms with Gasteiger partial charge < -0.3 is 10.1 Å². The highest BCUT2D eigenvalue weighted by Gasteiger charge is 2.14. The van der Waals surface area contributed by atoms with Crippen LogP contribution < -0.4 is 10.1 Å². The fraction of sp³-hybridized carbons (Fsp3) is 0.0526. The van der Waals surface area contributed by atoms with Gasteiger partial charge in [0.2, 0.25) is 0 Å². The lowest BCUT2D eigenvalue weighted by atomic mass is 10.2. The van der Waals surface area contributed by atoms with Crippen LogP contribution >= 0.6 is 11.3 Å². The van der Waals surface area contributed by atoms with E-state index in [1.807, 2.05) is 24.3 Å². The Labute approximate surface area is 151 Å². The smallest absolute Gasteiger partial charge is 0.265 e. The van der Waals surface area contributed by atoms with Crippen molar-refractivity contribution >= 4 is 44.1 Å². The van der Waals surface area contributed by atoms with Crippen LogP contribution in [0.15, 0.2) is 48.5 Å². The molecule has 2 aromatic heterocycles. The Kier molecular flexibility index (Phi) is 4.00. The van der Waals surface area contributed by atoms with E-state index in [4.69, 9.17) is 4.74 Å². The molecule has 1 amide bonds. The Hall–Kier alpha value is -3.06. The molecule has 0 bridgehead atoms. The highest BCUT2D eigenvalue weighted by atomic mass is 32.1. The molecule has 0 fully saturated rings. The molecule has 4 aromatic rings. The molecule has 0 atom stereocenters. The predicted octanol–water partition coefficient (Wildman–Crippen LogP) is 4.99. The number of ether oxygens (including phenoxy) is 1. The van der Waals surface area contributed by atoms with E-state index in [2.05, 4.69) is 10.3 Å². The van der Waals surface area contributed by atoms with Crippen molar-refractivity contribution < 1.29 is 18.3 Å². The quantitative estimate of drug-likeness (QED) is 0.553. The second-order valence-electron chi connectivity index (χ2n) is 5.63. The standard InChI is InChI=1S/C19H12F2N2O2S/c1-25-13-3-5-15-10(7-13)6-11-8-17(26-19(11)23-15)18(24)22-16-4-2-12(20)9-14(16)21/h2-9H,1H3,(H,22,24). The molecule has 7 heteroatoms. The number of thiophene rings is 1. The van der Waals surface area contributed by atoms with E-state index in [9.17, 15) is 13.6 Å². The largest absolute Gasteiger partial charge is 0.497 e. The molecular weight excluding hydrogens is 358 g/mol. The average molecular weight is 370 g/mol. The third-order valence-corrected chi connectivity index (χ3v) is 4.95. The van der Waals surface area contributed by atoms with Gasteiger partial charge in [0, 0.05) is 16.8 Å². The van der Waals surface area contributed by atoms with Crippen LogP contribution in [0.1, 0.15) is 9.67 Å². The highest BCUT2D eigenvalue weighted by Crippen LogP contribution is 2.29. The minimum atomic E-state index is -0.824. The molecule has 0 spiro atoms. The maximum Gasteiger partial charge on any atom is 0.265 e. The summed E-state index contributed by atoms with van der Waals surface area (Å²) in [5.41, 5.74) is 0.716. The number of nitrogens with one attached hydrogen (secondary N) is 1. The van der Waals surface area contributed by atoms with Crippen LogP contribution in [0, 0.1) is 11.6 Å². The maximum absolute atomic E-state index is 13.7. The zero-order chi connectivity index (χ0) is 18.3. The number of benzene rings is 2. The van der Waals surface area contributed by atoms with Gasteiger partial charge in [-0.3, -0.25) is 4.79 Å². The molecule has 0 saturated heterocycles. The van der Waals surface area contributed by atoms with Gasteiger partial charge in [0.1, 0.15) is 22.2 Å². The number of carbonyl (C=O) groups is 1. The molecule has 0 aliphatic rings. The Morgan fingerprint density at radius 1 is 1.08 bits per heavy atom. The first-order valence-electron chi connectivity index (χ1n) is 7.68. The van der Waals surface area contributed by atoms with E-state index in [0.29, 0.717) is 9.71 Å². The van der Waals surface area contributed by atoms with Crippen LogP contribution in [0.3, 0.4) is 0 Å². The van der Waals surface area contributed by atoms with Crippen molar-refractivity contribution in [2.24, 2.45) is 0 Å². The monoisotopic (exact) mass is 370 g/mol. The number of amides is 1. The fourth-order valence-corrected chi connectivity index (χ4v) is 3.54. The predicted molar refractivity (Wildman–Crippen MR) is 98.0 cm³/mol. The minimum absolute atomic E-state index is 0.0725. The summed E-state index contributed by atoms with van der Waals surface area (Å²) >= 11 is 1.21. The molecular formula is C19H12F2N2O2S. The summed E-state index contributed by atoms with van der Waals surface area (Å²) in [5, 5.41) is 4.16. The molecule has 0 unspecified atom stereocenters. The van der Waals surface area contributed by atoms with E-state index in [0.717, 1.165) is 34.2 Å². The second-order valence-corrected chi connectivity index (χ2v) is 6.66. The molecule has 4 rings (SSSR count). The zero-order valence-corrected chi connectivity index (χ0v) is 14.4. The van der Waals surface area contributed by atoms with Crippen molar-refractivity contribution in [1.29, 1.82) is 0 Å². The Balaban J connectivity index is 1.69. The summed E-state index contributed by atoms with van der Waals surface area (Å²) < 4.78 is 31.9. The number of methoxy groups -OCH3 is 1. The van der Waals surface area contributed by atoms with Crippen LogP contribution in [0.2, 0.25) is 0 Å². The van der Waals surface area contributed by atoms with E-state index in [-0.39, 0.29) is 5.69 Å². The minimum Gasteiger partial charge on any atom is -0.497 e. The third kappa shape index (κ3) is 2.97. The number of hydrogen-bond donors (Lipinski definition) is 1. The van der Waals surface area contributed by atoms with Gasteiger partial charge in [0.05, 0.1) is 23.2 Å². The van der Waals surface area contributed by atoms with Crippen LogP contribution in [-0.2, 0) is 0 Å². The Bertz CT molecular complexity index is 1160. The number of carbonyl (C=O) groups excluding carboxylic acids is 1. The number of anilines is 1. The maximum atomic E-state index is 13.7. The summed E-state index contributed by atoms with van der Waals surface area (Å²) in [7, 11) is 1.59. The van der Waals surface area contributed by atoms with Crippen LogP contribution in [0.25, 0.3) is 21.1 Å². The normalized spacial score (nSPS) is 11.0. The van der Waals surface area contributed by atoms with Gasteiger partial charge >= 0.3 is 0 Å². The lowest BCUT2D eigenvalue weighted by Gasteiger charge is -2.04. The van der Waals surface area contributed by atoms with Gasteiger partial charge in [-0.15, -0.1) is 11.3 Å². The number of aromatic nitrogens is 1. The van der Waals surface area contributed by atoms with Gasteiger partial charge in [0.15, 0.2) is 0 Å².